The molecule has 0 fully saturated rings. The number of hydrogen-bond acceptors (Lipinski definition) is 4. The molecule has 0 amide bonds. The molecule has 0 spiro atoms. The number of hydrogen-bond donors (Lipinski definition) is 1. The normalized spacial score (nSPS) is 10.3. The van der Waals surface area contributed by atoms with Gasteiger partial charge in [0, 0.05) is 6.20 Å². The highest BCUT2D eigenvalue weighted by Gasteiger charge is 2.09. The Balaban J connectivity index is 2.26. The minimum absolute atomic E-state index is 0.112. The minimum Gasteiger partial charge on any atom is -0.497 e. The molecule has 1 aromatic heterocycles. The Morgan fingerprint density at radius 1 is 1.37 bits per heavy atom. The molecular weight excluding hydrogens is 334 g/mol. The van der Waals surface area contributed by atoms with E-state index in [1.54, 1.807) is 31.4 Å². The fourth-order valence-electron chi connectivity index (χ4n) is 1.42. The van der Waals surface area contributed by atoms with Crippen LogP contribution in [0.4, 0.5) is 0 Å². The summed E-state index contributed by atoms with van der Waals surface area (Å²) in [5.74, 6) is 1.57. The second-order valence-electron chi connectivity index (χ2n) is 3.69. The van der Waals surface area contributed by atoms with Crippen LogP contribution < -0.4 is 9.47 Å². The molecule has 1 N–H and O–H groups in total. The number of pyridine rings is 1. The van der Waals surface area contributed by atoms with Gasteiger partial charge in [-0.1, -0.05) is 11.6 Å². The molecule has 0 saturated carbocycles. The molecule has 0 radical (unpaired) electrons. The summed E-state index contributed by atoms with van der Waals surface area (Å²) in [6, 6.07) is 6.92. The topological polar surface area (TPSA) is 51.6 Å². The zero-order valence-corrected chi connectivity index (χ0v) is 12.4. The summed E-state index contributed by atoms with van der Waals surface area (Å²) >= 11 is 9.41. The van der Waals surface area contributed by atoms with E-state index in [9.17, 15) is 0 Å². The second-order valence-corrected chi connectivity index (χ2v) is 4.95. The standard InChI is InChI=1S/C13H11BrClNO3/c1-18-9-2-3-12(10(14)5-9)19-13-11(15)4-8(7-17)6-16-13/h2-6,17H,7H2,1H3. The van der Waals surface area contributed by atoms with Crippen molar-refractivity contribution in [1.29, 1.82) is 0 Å². The summed E-state index contributed by atoms with van der Waals surface area (Å²) in [7, 11) is 1.59. The van der Waals surface area contributed by atoms with E-state index in [0.717, 1.165) is 4.47 Å². The van der Waals surface area contributed by atoms with E-state index in [1.807, 2.05) is 0 Å². The number of methoxy groups -OCH3 is 1. The summed E-state index contributed by atoms with van der Waals surface area (Å²) in [6.07, 6.45) is 1.51. The average Bonchev–Trinajstić information content (AvgIpc) is 2.42. The van der Waals surface area contributed by atoms with Gasteiger partial charge in [0.1, 0.15) is 16.5 Å². The summed E-state index contributed by atoms with van der Waals surface area (Å²) in [4.78, 5) is 4.06. The lowest BCUT2D eigenvalue weighted by Crippen LogP contribution is -1.93. The number of halogens is 2. The van der Waals surface area contributed by atoms with E-state index in [4.69, 9.17) is 26.2 Å². The Labute approximate surface area is 124 Å². The maximum absolute atomic E-state index is 8.98. The number of ether oxygens (including phenoxy) is 2. The van der Waals surface area contributed by atoms with Gasteiger partial charge >= 0.3 is 0 Å². The fraction of sp³-hybridized carbons (Fsp3) is 0.154. The van der Waals surface area contributed by atoms with Crippen LogP contribution in [-0.4, -0.2) is 17.2 Å². The Bertz CT molecular complexity index is 541. The third-order valence-electron chi connectivity index (χ3n) is 2.39. The first-order valence-corrected chi connectivity index (χ1v) is 6.58. The van der Waals surface area contributed by atoms with Gasteiger partial charge in [0.15, 0.2) is 0 Å². The number of aromatic nitrogens is 1. The SMILES string of the molecule is COc1ccc(Oc2ncc(CO)cc2Cl)c(Br)c1. The number of aliphatic hydroxyl groups is 1. The van der Waals surface area contributed by atoms with E-state index in [2.05, 4.69) is 20.9 Å². The highest BCUT2D eigenvalue weighted by atomic mass is 79.9. The summed E-state index contributed by atoms with van der Waals surface area (Å²) in [6.45, 7) is -0.112. The molecule has 6 heteroatoms. The average molecular weight is 345 g/mol. The smallest absolute Gasteiger partial charge is 0.238 e. The molecule has 0 aliphatic carbocycles. The first-order valence-electron chi connectivity index (χ1n) is 5.40. The van der Waals surface area contributed by atoms with Gasteiger partial charge in [0.05, 0.1) is 18.2 Å². The molecule has 4 nitrogen and oxygen atoms in total. The van der Waals surface area contributed by atoms with Gasteiger partial charge in [-0.3, -0.25) is 0 Å². The molecule has 2 aromatic rings. The minimum atomic E-state index is -0.112. The third-order valence-corrected chi connectivity index (χ3v) is 3.28. The summed E-state index contributed by atoms with van der Waals surface area (Å²) in [5, 5.41) is 9.33. The van der Waals surface area contributed by atoms with Crippen LogP contribution in [0.3, 0.4) is 0 Å². The molecular formula is C13H11BrClNO3. The first kappa shape index (κ1) is 14.1. The molecule has 0 aliphatic heterocycles. The van der Waals surface area contributed by atoms with Crippen molar-refractivity contribution in [3.8, 4) is 17.4 Å². The van der Waals surface area contributed by atoms with Crippen molar-refractivity contribution in [3.05, 3.63) is 45.5 Å². The van der Waals surface area contributed by atoms with Gasteiger partial charge in [-0.2, -0.15) is 0 Å². The van der Waals surface area contributed by atoms with Crippen LogP contribution in [0.15, 0.2) is 34.9 Å². The molecule has 1 aromatic carbocycles. The lowest BCUT2D eigenvalue weighted by atomic mass is 10.3. The van der Waals surface area contributed by atoms with Crippen molar-refractivity contribution in [1.82, 2.24) is 4.98 Å². The Morgan fingerprint density at radius 3 is 2.74 bits per heavy atom. The zero-order chi connectivity index (χ0) is 13.8. The van der Waals surface area contributed by atoms with Gasteiger partial charge in [-0.05, 0) is 45.8 Å². The molecule has 2 rings (SSSR count). The van der Waals surface area contributed by atoms with Crippen molar-refractivity contribution >= 4 is 27.5 Å². The molecule has 1 heterocycles. The van der Waals surface area contributed by atoms with Crippen LogP contribution in [-0.2, 0) is 6.61 Å². The van der Waals surface area contributed by atoms with Crippen LogP contribution in [0.1, 0.15) is 5.56 Å². The fourth-order valence-corrected chi connectivity index (χ4v) is 2.09. The lowest BCUT2D eigenvalue weighted by Gasteiger charge is -2.10. The quantitative estimate of drug-likeness (QED) is 0.917. The number of nitrogens with zero attached hydrogens (tertiary/aromatic N) is 1. The number of aliphatic hydroxyl groups excluding tert-OH is 1. The van der Waals surface area contributed by atoms with Gasteiger partial charge in [-0.15, -0.1) is 0 Å². The Morgan fingerprint density at radius 2 is 2.16 bits per heavy atom. The van der Waals surface area contributed by atoms with Crippen LogP contribution in [0, 0.1) is 0 Å². The largest absolute Gasteiger partial charge is 0.497 e. The maximum atomic E-state index is 8.98. The van der Waals surface area contributed by atoms with Crippen molar-refractivity contribution in [2.24, 2.45) is 0 Å². The van der Waals surface area contributed by atoms with E-state index < -0.39 is 0 Å². The van der Waals surface area contributed by atoms with Crippen molar-refractivity contribution in [2.45, 2.75) is 6.61 Å². The van der Waals surface area contributed by atoms with Crippen LogP contribution >= 0.6 is 27.5 Å². The molecule has 0 saturated heterocycles. The highest BCUT2D eigenvalue weighted by molar-refractivity contribution is 9.10. The van der Waals surface area contributed by atoms with Gasteiger partial charge in [0.2, 0.25) is 5.88 Å². The summed E-state index contributed by atoms with van der Waals surface area (Å²) < 4.78 is 11.4. The van der Waals surface area contributed by atoms with E-state index >= 15 is 0 Å². The van der Waals surface area contributed by atoms with E-state index in [1.165, 1.54) is 6.20 Å². The third kappa shape index (κ3) is 3.37. The van der Waals surface area contributed by atoms with Crippen LogP contribution in [0.5, 0.6) is 17.4 Å². The van der Waals surface area contributed by atoms with Gasteiger partial charge in [-0.25, -0.2) is 4.98 Å². The molecule has 0 atom stereocenters. The molecule has 0 aliphatic rings. The number of rotatable bonds is 4. The van der Waals surface area contributed by atoms with Gasteiger partial charge < -0.3 is 14.6 Å². The lowest BCUT2D eigenvalue weighted by molar-refractivity contribution is 0.281. The highest BCUT2D eigenvalue weighted by Crippen LogP contribution is 2.34. The van der Waals surface area contributed by atoms with Crippen molar-refractivity contribution in [2.75, 3.05) is 7.11 Å². The maximum Gasteiger partial charge on any atom is 0.238 e. The Hall–Kier alpha value is -1.30. The first-order chi connectivity index (χ1) is 9.13. The van der Waals surface area contributed by atoms with Gasteiger partial charge in [0.25, 0.3) is 0 Å². The van der Waals surface area contributed by atoms with Crippen LogP contribution in [0.2, 0.25) is 5.02 Å². The molecule has 100 valence electrons. The molecule has 19 heavy (non-hydrogen) atoms. The zero-order valence-electron chi connectivity index (χ0n) is 10.1. The van der Waals surface area contributed by atoms with E-state index in [-0.39, 0.29) is 12.5 Å². The molecule has 0 unspecified atom stereocenters. The van der Waals surface area contributed by atoms with Crippen molar-refractivity contribution < 1.29 is 14.6 Å². The van der Waals surface area contributed by atoms with Crippen LogP contribution in [0.25, 0.3) is 0 Å². The monoisotopic (exact) mass is 343 g/mol. The molecule has 0 bridgehead atoms. The summed E-state index contributed by atoms with van der Waals surface area (Å²) in [5.41, 5.74) is 0.631. The van der Waals surface area contributed by atoms with E-state index in [0.29, 0.717) is 22.1 Å². The predicted molar refractivity (Wildman–Crippen MR) is 75.9 cm³/mol. The van der Waals surface area contributed by atoms with Crippen molar-refractivity contribution in [3.63, 3.8) is 0 Å². The predicted octanol–water partition coefficient (Wildman–Crippen LogP) is 3.79. The number of benzene rings is 1. The second kappa shape index (κ2) is 6.23. The Kier molecular flexibility index (Phi) is 4.63.